The van der Waals surface area contributed by atoms with Crippen LogP contribution >= 0.6 is 0 Å². The third-order valence-electron chi connectivity index (χ3n) is 2.17. The average Bonchev–Trinajstić information content (AvgIpc) is 2.26. The molecule has 0 unspecified atom stereocenters. The largest absolute Gasteiger partial charge is 0.443 e. The minimum Gasteiger partial charge on any atom is -0.443 e. The van der Waals surface area contributed by atoms with E-state index in [1.807, 2.05) is 26.8 Å². The van der Waals surface area contributed by atoms with Gasteiger partial charge in [0.2, 0.25) is 0 Å². The number of hydrogen-bond acceptors (Lipinski definition) is 4. The lowest BCUT2D eigenvalue weighted by Crippen LogP contribution is -2.34. The first-order valence-electron chi connectivity index (χ1n) is 5.87. The first-order chi connectivity index (χ1) is 8.33. The van der Waals surface area contributed by atoms with E-state index in [-0.39, 0.29) is 6.61 Å². The number of carbonyl (C=O) groups excluding carboxylic acids is 1. The van der Waals surface area contributed by atoms with Gasteiger partial charge in [0.05, 0.1) is 0 Å². The van der Waals surface area contributed by atoms with Gasteiger partial charge in [-0.15, -0.1) is 0 Å². The number of aliphatic hydroxyl groups is 1. The molecule has 1 heterocycles. The van der Waals surface area contributed by atoms with Gasteiger partial charge in [0.25, 0.3) is 0 Å². The maximum atomic E-state index is 11.8. The zero-order valence-corrected chi connectivity index (χ0v) is 11.3. The summed E-state index contributed by atoms with van der Waals surface area (Å²) in [5, 5.41) is 8.87. The quantitative estimate of drug-likeness (QED) is 0.893. The molecule has 0 aliphatic carbocycles. The predicted octanol–water partition coefficient (Wildman–Crippen LogP) is 1.99. The second kappa shape index (κ2) is 5.82. The van der Waals surface area contributed by atoms with E-state index < -0.39 is 11.7 Å². The van der Waals surface area contributed by atoms with Gasteiger partial charge in [-0.3, -0.25) is 4.90 Å². The van der Waals surface area contributed by atoms with Crippen LogP contribution in [0.1, 0.15) is 26.5 Å². The summed E-state index contributed by atoms with van der Waals surface area (Å²) in [6.07, 6.45) is 0.0202. The van der Waals surface area contributed by atoms with E-state index in [9.17, 15) is 4.79 Å². The fourth-order valence-corrected chi connectivity index (χ4v) is 1.33. The molecule has 5 nitrogen and oxygen atoms in total. The molecule has 100 valence electrons. The summed E-state index contributed by atoms with van der Waals surface area (Å²) < 4.78 is 5.25. The van der Waals surface area contributed by atoms with Crippen LogP contribution in [-0.4, -0.2) is 35.4 Å². The third kappa shape index (κ3) is 4.33. The SMILES string of the molecule is CN(C(=O)OC(C)(C)C)c1cccc(CCO)n1. The standard InChI is InChI=1S/C13H20N2O3/c1-13(2,3)18-12(17)15(4)11-7-5-6-10(14-11)8-9-16/h5-7,16H,8-9H2,1-4H3. The summed E-state index contributed by atoms with van der Waals surface area (Å²) in [5.74, 6) is 0.509. The zero-order chi connectivity index (χ0) is 13.8. The van der Waals surface area contributed by atoms with E-state index in [0.717, 1.165) is 5.69 Å². The van der Waals surface area contributed by atoms with Crippen LogP contribution in [0, 0.1) is 0 Å². The van der Waals surface area contributed by atoms with Crippen LogP contribution in [0.15, 0.2) is 18.2 Å². The van der Waals surface area contributed by atoms with E-state index >= 15 is 0 Å². The Balaban J connectivity index is 2.80. The van der Waals surface area contributed by atoms with Crippen molar-refractivity contribution in [2.45, 2.75) is 32.8 Å². The molecule has 1 rings (SSSR count). The molecule has 0 aliphatic rings. The van der Waals surface area contributed by atoms with E-state index in [2.05, 4.69) is 4.98 Å². The summed E-state index contributed by atoms with van der Waals surface area (Å²) in [7, 11) is 1.61. The number of aromatic nitrogens is 1. The van der Waals surface area contributed by atoms with Gasteiger partial charge in [-0.2, -0.15) is 0 Å². The zero-order valence-electron chi connectivity index (χ0n) is 11.3. The van der Waals surface area contributed by atoms with Crippen LogP contribution in [0.5, 0.6) is 0 Å². The lowest BCUT2D eigenvalue weighted by Gasteiger charge is -2.24. The molecule has 18 heavy (non-hydrogen) atoms. The minimum absolute atomic E-state index is 0.0343. The molecule has 0 saturated carbocycles. The maximum Gasteiger partial charge on any atom is 0.415 e. The summed E-state index contributed by atoms with van der Waals surface area (Å²) in [5.41, 5.74) is 0.207. The second-order valence-corrected chi connectivity index (χ2v) is 5.00. The number of amides is 1. The second-order valence-electron chi connectivity index (χ2n) is 5.00. The highest BCUT2D eigenvalue weighted by Crippen LogP contribution is 2.15. The van der Waals surface area contributed by atoms with Gasteiger partial charge < -0.3 is 9.84 Å². The Morgan fingerprint density at radius 3 is 2.67 bits per heavy atom. The molecular weight excluding hydrogens is 232 g/mol. The van der Waals surface area contributed by atoms with Crippen LogP contribution in [0.2, 0.25) is 0 Å². The number of nitrogens with zero attached hydrogens (tertiary/aromatic N) is 2. The molecule has 0 spiro atoms. The van der Waals surface area contributed by atoms with Crippen LogP contribution in [0.4, 0.5) is 10.6 Å². The van der Waals surface area contributed by atoms with Gasteiger partial charge in [-0.1, -0.05) is 6.07 Å². The summed E-state index contributed by atoms with van der Waals surface area (Å²) in [6, 6.07) is 5.33. The fraction of sp³-hybridized carbons (Fsp3) is 0.538. The summed E-state index contributed by atoms with van der Waals surface area (Å²) in [4.78, 5) is 17.5. The van der Waals surface area contributed by atoms with E-state index in [1.165, 1.54) is 4.90 Å². The number of anilines is 1. The molecule has 0 aliphatic heterocycles. The highest BCUT2D eigenvalue weighted by Gasteiger charge is 2.21. The van der Waals surface area contributed by atoms with Crippen molar-refractivity contribution in [3.63, 3.8) is 0 Å². The lowest BCUT2D eigenvalue weighted by atomic mass is 10.2. The average molecular weight is 252 g/mol. The lowest BCUT2D eigenvalue weighted by molar-refractivity contribution is 0.0588. The van der Waals surface area contributed by atoms with E-state index in [4.69, 9.17) is 9.84 Å². The first-order valence-corrected chi connectivity index (χ1v) is 5.87. The van der Waals surface area contributed by atoms with Crippen LogP contribution in [0.3, 0.4) is 0 Å². The minimum atomic E-state index is -0.534. The van der Waals surface area contributed by atoms with E-state index in [0.29, 0.717) is 12.2 Å². The molecular formula is C13H20N2O3. The predicted molar refractivity (Wildman–Crippen MR) is 69.7 cm³/mol. The highest BCUT2D eigenvalue weighted by atomic mass is 16.6. The van der Waals surface area contributed by atoms with Crippen LogP contribution < -0.4 is 4.90 Å². The van der Waals surface area contributed by atoms with Crippen molar-refractivity contribution >= 4 is 11.9 Å². The smallest absolute Gasteiger partial charge is 0.415 e. The number of ether oxygens (including phenoxy) is 1. The van der Waals surface area contributed by atoms with Crippen molar-refractivity contribution < 1.29 is 14.6 Å². The van der Waals surface area contributed by atoms with Crippen molar-refractivity contribution in [2.75, 3.05) is 18.6 Å². The molecule has 0 atom stereocenters. The number of aliphatic hydroxyl groups excluding tert-OH is 1. The van der Waals surface area contributed by atoms with Gasteiger partial charge >= 0.3 is 6.09 Å². The maximum absolute atomic E-state index is 11.8. The number of rotatable bonds is 3. The van der Waals surface area contributed by atoms with Gasteiger partial charge in [0.15, 0.2) is 0 Å². The molecule has 0 aromatic carbocycles. The molecule has 1 aromatic heterocycles. The highest BCUT2D eigenvalue weighted by molar-refractivity contribution is 5.85. The van der Waals surface area contributed by atoms with Crippen molar-refractivity contribution in [1.29, 1.82) is 0 Å². The Morgan fingerprint density at radius 2 is 2.11 bits per heavy atom. The Labute approximate surface area is 107 Å². The fourth-order valence-electron chi connectivity index (χ4n) is 1.33. The van der Waals surface area contributed by atoms with Crippen molar-refractivity contribution in [1.82, 2.24) is 4.98 Å². The number of hydrogen-bond donors (Lipinski definition) is 1. The third-order valence-corrected chi connectivity index (χ3v) is 2.17. The van der Waals surface area contributed by atoms with Crippen molar-refractivity contribution in [3.8, 4) is 0 Å². The Hall–Kier alpha value is -1.62. The van der Waals surface area contributed by atoms with Gasteiger partial charge in [0, 0.05) is 25.8 Å². The molecule has 0 radical (unpaired) electrons. The molecule has 1 aromatic rings. The van der Waals surface area contributed by atoms with Gasteiger partial charge in [-0.25, -0.2) is 9.78 Å². The van der Waals surface area contributed by atoms with E-state index in [1.54, 1.807) is 19.2 Å². The molecule has 1 amide bonds. The van der Waals surface area contributed by atoms with Crippen LogP contribution in [-0.2, 0) is 11.2 Å². The Morgan fingerprint density at radius 1 is 1.44 bits per heavy atom. The number of pyridine rings is 1. The molecule has 5 heteroatoms. The van der Waals surface area contributed by atoms with Crippen molar-refractivity contribution in [2.24, 2.45) is 0 Å². The molecule has 0 bridgehead atoms. The summed E-state index contributed by atoms with van der Waals surface area (Å²) >= 11 is 0. The summed E-state index contributed by atoms with van der Waals surface area (Å²) in [6.45, 7) is 5.48. The van der Waals surface area contributed by atoms with Gasteiger partial charge in [-0.05, 0) is 32.9 Å². The van der Waals surface area contributed by atoms with Crippen LogP contribution in [0.25, 0.3) is 0 Å². The first kappa shape index (κ1) is 14.4. The number of carbonyl (C=O) groups is 1. The Kier molecular flexibility index (Phi) is 4.67. The monoisotopic (exact) mass is 252 g/mol. The molecule has 1 N–H and O–H groups in total. The normalized spacial score (nSPS) is 11.2. The Bertz CT molecular complexity index is 413. The van der Waals surface area contributed by atoms with Crippen molar-refractivity contribution in [3.05, 3.63) is 23.9 Å². The van der Waals surface area contributed by atoms with Gasteiger partial charge in [0.1, 0.15) is 11.4 Å². The molecule has 0 fully saturated rings. The topological polar surface area (TPSA) is 62.7 Å². The molecule has 0 saturated heterocycles.